The summed E-state index contributed by atoms with van der Waals surface area (Å²) in [6.45, 7) is 0.822. The van der Waals surface area contributed by atoms with Crippen molar-refractivity contribution in [3.05, 3.63) is 72.1 Å². The number of fused-ring (bicyclic) bond motifs is 1. The number of esters is 1. The lowest BCUT2D eigenvalue weighted by molar-refractivity contribution is 0.0601. The van der Waals surface area contributed by atoms with Gasteiger partial charge in [0.25, 0.3) is 0 Å². The quantitative estimate of drug-likeness (QED) is 0.639. The number of hydrogen-bond donors (Lipinski definition) is 1. The summed E-state index contributed by atoms with van der Waals surface area (Å²) >= 11 is 0. The normalized spacial score (nSPS) is 11.8. The Kier molecular flexibility index (Phi) is 7.27. The minimum absolute atomic E-state index is 0.359. The van der Waals surface area contributed by atoms with Crippen molar-refractivity contribution in [1.29, 1.82) is 0 Å². The second-order valence-electron chi connectivity index (χ2n) is 6.64. The van der Waals surface area contributed by atoms with Crippen LogP contribution in [-0.2, 0) is 11.2 Å². The van der Waals surface area contributed by atoms with Crippen molar-refractivity contribution in [3.8, 4) is 22.6 Å². The molecule has 0 unspecified atom stereocenters. The molecule has 0 saturated carbocycles. The highest BCUT2D eigenvalue weighted by Gasteiger charge is 2.13. The summed E-state index contributed by atoms with van der Waals surface area (Å²) < 4.78 is 15.7. The molecule has 2 heterocycles. The number of benzene rings is 2. The number of hydrogen-bond acceptors (Lipinski definition) is 6. The smallest absolute Gasteiger partial charge is 0.340 e. The molecule has 1 aromatic heterocycles. The average molecular weight is 406 g/mol. The Bertz CT molecular complexity index is 1000. The molecule has 0 saturated heterocycles. The molecule has 0 amide bonds. The maximum Gasteiger partial charge on any atom is 0.340 e. The van der Waals surface area contributed by atoms with Gasteiger partial charge in [0.2, 0.25) is 0 Å². The van der Waals surface area contributed by atoms with E-state index in [9.17, 15) is 4.79 Å². The Morgan fingerprint density at radius 3 is 2.73 bits per heavy atom. The van der Waals surface area contributed by atoms with Crippen LogP contribution in [0.15, 0.2) is 60.9 Å². The number of methoxy groups -OCH3 is 2. The zero-order chi connectivity index (χ0) is 21.3. The lowest BCUT2D eigenvalue weighted by Crippen LogP contribution is -2.08. The first kappa shape index (κ1) is 21.2. The van der Waals surface area contributed by atoms with Gasteiger partial charge in [-0.3, -0.25) is 4.98 Å². The van der Waals surface area contributed by atoms with E-state index in [-0.39, 0.29) is 5.97 Å². The van der Waals surface area contributed by atoms with Crippen molar-refractivity contribution in [2.24, 2.45) is 0 Å². The molecule has 1 N–H and O–H groups in total. The van der Waals surface area contributed by atoms with Crippen LogP contribution >= 0.6 is 0 Å². The first-order chi connectivity index (χ1) is 14.7. The molecule has 0 spiro atoms. The van der Waals surface area contributed by atoms with E-state index in [0.29, 0.717) is 11.3 Å². The Balaban J connectivity index is 0.000000187. The van der Waals surface area contributed by atoms with Crippen LogP contribution in [0.4, 0.5) is 5.69 Å². The van der Waals surface area contributed by atoms with Crippen LogP contribution in [0.2, 0.25) is 0 Å². The minimum atomic E-state index is -0.359. The van der Waals surface area contributed by atoms with Gasteiger partial charge in [0.15, 0.2) is 0 Å². The molecule has 6 nitrogen and oxygen atoms in total. The van der Waals surface area contributed by atoms with E-state index < -0.39 is 0 Å². The van der Waals surface area contributed by atoms with Gasteiger partial charge in [0.1, 0.15) is 11.5 Å². The van der Waals surface area contributed by atoms with Gasteiger partial charge in [-0.05, 0) is 42.2 Å². The molecule has 1 aliphatic heterocycles. The standard InChI is InChI=1S/C16H16O2.C8H10N2O2/c1-17-15-7-3-2-6-14(15)13-9-8-12-5-4-10-18-16(12)11-13;1-9-7-5-10-4-3-6(7)8(11)12-2/h2-3,6-9,11H,4-5,10H2,1H3;3-5,9H,1-2H3. The van der Waals surface area contributed by atoms with Crippen LogP contribution in [0, 0.1) is 0 Å². The van der Waals surface area contributed by atoms with Gasteiger partial charge < -0.3 is 19.5 Å². The molecule has 156 valence electrons. The van der Waals surface area contributed by atoms with E-state index >= 15 is 0 Å². The molecule has 4 rings (SSSR count). The van der Waals surface area contributed by atoms with Crippen molar-refractivity contribution in [2.75, 3.05) is 33.2 Å². The molecule has 30 heavy (non-hydrogen) atoms. The number of nitrogens with zero attached hydrogens (tertiary/aromatic N) is 1. The minimum Gasteiger partial charge on any atom is -0.496 e. The van der Waals surface area contributed by atoms with Gasteiger partial charge in [-0.15, -0.1) is 0 Å². The summed E-state index contributed by atoms with van der Waals surface area (Å²) in [6, 6.07) is 16.1. The maximum atomic E-state index is 11.1. The summed E-state index contributed by atoms with van der Waals surface area (Å²) in [7, 11) is 4.78. The third-order valence-corrected chi connectivity index (χ3v) is 4.83. The number of nitrogens with one attached hydrogen (secondary N) is 1. The predicted molar refractivity (Wildman–Crippen MR) is 117 cm³/mol. The van der Waals surface area contributed by atoms with Gasteiger partial charge in [-0.1, -0.05) is 30.3 Å². The van der Waals surface area contributed by atoms with E-state index in [2.05, 4.69) is 39.3 Å². The topological polar surface area (TPSA) is 69.7 Å². The van der Waals surface area contributed by atoms with Crippen LogP contribution in [0.1, 0.15) is 22.3 Å². The van der Waals surface area contributed by atoms with Gasteiger partial charge in [-0.25, -0.2) is 4.79 Å². The molecule has 1 aliphatic rings. The third kappa shape index (κ3) is 4.89. The molecular weight excluding hydrogens is 380 g/mol. The van der Waals surface area contributed by atoms with Crippen LogP contribution in [0.3, 0.4) is 0 Å². The highest BCUT2D eigenvalue weighted by molar-refractivity contribution is 5.95. The van der Waals surface area contributed by atoms with Crippen LogP contribution in [-0.4, -0.2) is 38.8 Å². The molecule has 2 aromatic carbocycles. The number of aromatic nitrogens is 1. The van der Waals surface area contributed by atoms with Gasteiger partial charge in [0.05, 0.1) is 38.3 Å². The highest BCUT2D eigenvalue weighted by Crippen LogP contribution is 2.34. The molecule has 0 fully saturated rings. The summed E-state index contributed by atoms with van der Waals surface area (Å²) in [5.41, 5.74) is 4.73. The lowest BCUT2D eigenvalue weighted by Gasteiger charge is -2.18. The van der Waals surface area contributed by atoms with E-state index in [0.717, 1.165) is 42.1 Å². The Hall–Kier alpha value is -3.54. The zero-order valence-corrected chi connectivity index (χ0v) is 17.5. The first-order valence-corrected chi connectivity index (χ1v) is 9.77. The second kappa shape index (κ2) is 10.3. The van der Waals surface area contributed by atoms with E-state index in [1.807, 2.05) is 18.2 Å². The summed E-state index contributed by atoms with van der Waals surface area (Å²) in [5.74, 6) is 1.56. The molecule has 0 atom stereocenters. The number of ether oxygens (including phenoxy) is 3. The molecule has 6 heteroatoms. The Morgan fingerprint density at radius 2 is 1.97 bits per heavy atom. The number of para-hydroxylation sites is 1. The van der Waals surface area contributed by atoms with E-state index in [1.54, 1.807) is 32.6 Å². The van der Waals surface area contributed by atoms with Crippen molar-refractivity contribution in [1.82, 2.24) is 4.98 Å². The fraction of sp³-hybridized carbons (Fsp3) is 0.250. The number of aryl methyl sites for hydroxylation is 1. The number of pyridine rings is 1. The maximum absolute atomic E-state index is 11.1. The second-order valence-corrected chi connectivity index (χ2v) is 6.64. The first-order valence-electron chi connectivity index (χ1n) is 9.77. The van der Waals surface area contributed by atoms with Crippen LogP contribution in [0.5, 0.6) is 11.5 Å². The molecular formula is C24H26N2O4. The van der Waals surface area contributed by atoms with Crippen molar-refractivity contribution < 1.29 is 19.0 Å². The zero-order valence-electron chi connectivity index (χ0n) is 17.5. The van der Waals surface area contributed by atoms with Crippen molar-refractivity contribution >= 4 is 11.7 Å². The highest BCUT2D eigenvalue weighted by atomic mass is 16.5. The lowest BCUT2D eigenvalue weighted by atomic mass is 9.99. The summed E-state index contributed by atoms with van der Waals surface area (Å²) in [4.78, 5) is 15.0. The number of carbonyl (C=O) groups excluding carboxylic acids is 1. The molecule has 0 radical (unpaired) electrons. The fourth-order valence-corrected chi connectivity index (χ4v) is 3.27. The SMILES string of the molecule is CNc1cnccc1C(=O)OC.COc1ccccc1-c1ccc2c(c1)OCCC2. The Labute approximate surface area is 176 Å². The van der Waals surface area contributed by atoms with Gasteiger partial charge in [-0.2, -0.15) is 0 Å². The summed E-state index contributed by atoms with van der Waals surface area (Å²) in [6.07, 6.45) is 5.35. The van der Waals surface area contributed by atoms with Crippen molar-refractivity contribution in [2.45, 2.75) is 12.8 Å². The number of anilines is 1. The monoisotopic (exact) mass is 406 g/mol. The largest absolute Gasteiger partial charge is 0.496 e. The van der Waals surface area contributed by atoms with Gasteiger partial charge >= 0.3 is 5.97 Å². The van der Waals surface area contributed by atoms with E-state index in [4.69, 9.17) is 9.47 Å². The van der Waals surface area contributed by atoms with Crippen LogP contribution in [0.25, 0.3) is 11.1 Å². The molecule has 0 bridgehead atoms. The van der Waals surface area contributed by atoms with E-state index in [1.165, 1.54) is 12.7 Å². The Morgan fingerprint density at radius 1 is 1.13 bits per heavy atom. The van der Waals surface area contributed by atoms with Crippen LogP contribution < -0.4 is 14.8 Å². The number of rotatable bonds is 4. The molecule has 0 aliphatic carbocycles. The molecule has 3 aromatic rings. The number of carbonyl (C=O) groups is 1. The summed E-state index contributed by atoms with van der Waals surface area (Å²) in [5, 5.41) is 2.85. The van der Waals surface area contributed by atoms with Gasteiger partial charge in [0, 0.05) is 18.8 Å². The average Bonchev–Trinajstić information content (AvgIpc) is 2.83. The fourth-order valence-electron chi connectivity index (χ4n) is 3.27. The third-order valence-electron chi connectivity index (χ3n) is 4.83. The van der Waals surface area contributed by atoms with Crippen molar-refractivity contribution in [3.63, 3.8) is 0 Å². The predicted octanol–water partition coefficient (Wildman–Crippen LogP) is 4.60.